The zero-order valence-corrected chi connectivity index (χ0v) is 20.0. The van der Waals surface area contributed by atoms with Crippen LogP contribution in [0.3, 0.4) is 0 Å². The van der Waals surface area contributed by atoms with Crippen LogP contribution in [-0.4, -0.2) is 32.5 Å². The van der Waals surface area contributed by atoms with Gasteiger partial charge in [-0.25, -0.2) is 9.97 Å². The Morgan fingerprint density at radius 1 is 0.861 bits per heavy atom. The Morgan fingerprint density at radius 3 is 2.44 bits per heavy atom. The van der Waals surface area contributed by atoms with Crippen molar-refractivity contribution in [2.75, 3.05) is 16.0 Å². The zero-order chi connectivity index (χ0) is 25.7. The molecule has 2 heterocycles. The largest absolute Gasteiger partial charge is 0.326 e. The molecule has 0 fully saturated rings. The second kappa shape index (κ2) is 10.6. The number of aromatic nitrogens is 3. The number of amides is 2. The maximum Gasteiger partial charge on any atom is 0.296 e. The molecule has 0 aliphatic heterocycles. The molecule has 9 heteroatoms. The van der Waals surface area contributed by atoms with E-state index < -0.39 is 11.7 Å². The number of nitrogens with one attached hydrogen (secondary N) is 3. The average molecular weight is 481 g/mol. The third-order valence-electron chi connectivity index (χ3n) is 5.29. The third-order valence-corrected chi connectivity index (χ3v) is 5.29. The van der Waals surface area contributed by atoms with Gasteiger partial charge in [-0.15, -0.1) is 0 Å². The number of Topliss-reactive ketones (excluding diaryl/α,β-unsaturated/α-hetero) is 1. The first kappa shape index (κ1) is 24.2. The van der Waals surface area contributed by atoms with E-state index in [1.54, 1.807) is 61.9 Å². The number of hydrogen-bond donors (Lipinski definition) is 3. The van der Waals surface area contributed by atoms with Gasteiger partial charge in [-0.2, -0.15) is 0 Å². The highest BCUT2D eigenvalue weighted by molar-refractivity contribution is 6.47. The summed E-state index contributed by atoms with van der Waals surface area (Å²) >= 11 is 0. The molecule has 2 amide bonds. The number of hydrogen-bond acceptors (Lipinski definition) is 7. The fourth-order valence-corrected chi connectivity index (χ4v) is 3.50. The molecule has 0 radical (unpaired) electrons. The van der Waals surface area contributed by atoms with E-state index in [-0.39, 0.29) is 17.2 Å². The van der Waals surface area contributed by atoms with Crippen molar-refractivity contribution in [2.45, 2.75) is 20.8 Å². The summed E-state index contributed by atoms with van der Waals surface area (Å²) in [5.41, 5.74) is 4.72. The summed E-state index contributed by atoms with van der Waals surface area (Å²) in [6.07, 6.45) is 5.05. The summed E-state index contributed by atoms with van der Waals surface area (Å²) in [5, 5.41) is 8.40. The Morgan fingerprint density at radius 2 is 1.69 bits per heavy atom. The van der Waals surface area contributed by atoms with Gasteiger partial charge in [-0.3, -0.25) is 19.4 Å². The van der Waals surface area contributed by atoms with Gasteiger partial charge in [0.05, 0.1) is 16.9 Å². The summed E-state index contributed by atoms with van der Waals surface area (Å²) in [6.45, 7) is 5.04. The first-order valence-electron chi connectivity index (χ1n) is 11.1. The number of carbonyl (C=O) groups excluding carboxylic acids is 3. The molecule has 0 bridgehead atoms. The Bertz CT molecular complexity index is 1450. The van der Waals surface area contributed by atoms with Gasteiger partial charge in [0, 0.05) is 42.5 Å². The first-order chi connectivity index (χ1) is 17.3. The number of nitrogens with zero attached hydrogens (tertiary/aromatic N) is 3. The zero-order valence-electron chi connectivity index (χ0n) is 20.0. The molecule has 9 nitrogen and oxygen atoms in total. The lowest BCUT2D eigenvalue weighted by molar-refractivity contribution is -0.114. The molecule has 0 saturated carbocycles. The molecule has 2 aromatic carbocycles. The maximum absolute atomic E-state index is 12.9. The van der Waals surface area contributed by atoms with Crippen LogP contribution in [-0.2, 0) is 9.59 Å². The van der Waals surface area contributed by atoms with Crippen LogP contribution in [0.25, 0.3) is 11.3 Å². The minimum Gasteiger partial charge on any atom is -0.326 e. The minimum atomic E-state index is -0.822. The molecule has 36 heavy (non-hydrogen) atoms. The van der Waals surface area contributed by atoms with Gasteiger partial charge in [0.1, 0.15) is 0 Å². The van der Waals surface area contributed by atoms with Crippen LogP contribution in [0.15, 0.2) is 73.2 Å². The molecule has 180 valence electrons. The third kappa shape index (κ3) is 5.76. The molecular weight excluding hydrogens is 456 g/mol. The van der Waals surface area contributed by atoms with Gasteiger partial charge in [-0.1, -0.05) is 17.7 Å². The fraction of sp³-hybridized carbons (Fsp3) is 0.111. The number of pyridine rings is 1. The highest BCUT2D eigenvalue weighted by atomic mass is 16.2. The number of carbonyl (C=O) groups is 3. The SMILES string of the molecule is CC(=O)Nc1ccc(C)cc1C(=O)C(=O)Nc1ccc(C)c(Nc2nccc(-c3cccnc3)n2)c1. The number of anilines is 4. The lowest BCUT2D eigenvalue weighted by Crippen LogP contribution is -2.24. The highest BCUT2D eigenvalue weighted by Crippen LogP contribution is 2.25. The maximum atomic E-state index is 12.9. The molecule has 3 N–H and O–H groups in total. The van der Waals surface area contributed by atoms with Gasteiger partial charge in [-0.05, 0) is 61.9 Å². The van der Waals surface area contributed by atoms with Crippen molar-refractivity contribution in [1.82, 2.24) is 15.0 Å². The van der Waals surface area contributed by atoms with Crippen molar-refractivity contribution in [1.29, 1.82) is 0 Å². The van der Waals surface area contributed by atoms with E-state index in [0.717, 1.165) is 16.7 Å². The predicted octanol–water partition coefficient (Wildman–Crippen LogP) is 4.68. The lowest BCUT2D eigenvalue weighted by Gasteiger charge is -2.13. The summed E-state index contributed by atoms with van der Waals surface area (Å²) in [7, 11) is 0. The summed E-state index contributed by atoms with van der Waals surface area (Å²) < 4.78 is 0. The van der Waals surface area contributed by atoms with Crippen LogP contribution in [0.5, 0.6) is 0 Å². The lowest BCUT2D eigenvalue weighted by atomic mass is 10.0. The van der Waals surface area contributed by atoms with Crippen molar-refractivity contribution in [3.8, 4) is 11.3 Å². The topological polar surface area (TPSA) is 126 Å². The summed E-state index contributed by atoms with van der Waals surface area (Å²) in [4.78, 5) is 50.2. The summed E-state index contributed by atoms with van der Waals surface area (Å²) in [6, 6.07) is 15.7. The Hall–Kier alpha value is -4.92. The quantitative estimate of drug-likeness (QED) is 0.259. The molecule has 2 aromatic heterocycles. The molecule has 0 spiro atoms. The molecule has 0 aliphatic rings. The second-order valence-corrected chi connectivity index (χ2v) is 8.18. The van der Waals surface area contributed by atoms with E-state index in [1.807, 2.05) is 25.1 Å². The van der Waals surface area contributed by atoms with Crippen molar-refractivity contribution in [3.63, 3.8) is 0 Å². The van der Waals surface area contributed by atoms with Crippen LogP contribution >= 0.6 is 0 Å². The van der Waals surface area contributed by atoms with E-state index in [9.17, 15) is 14.4 Å². The van der Waals surface area contributed by atoms with Crippen LogP contribution in [0, 0.1) is 13.8 Å². The molecule has 0 atom stereocenters. The van der Waals surface area contributed by atoms with Crippen molar-refractivity contribution >= 4 is 40.6 Å². The van der Waals surface area contributed by atoms with Gasteiger partial charge in [0.2, 0.25) is 11.9 Å². The Labute approximate surface area is 208 Å². The highest BCUT2D eigenvalue weighted by Gasteiger charge is 2.21. The van der Waals surface area contributed by atoms with E-state index in [2.05, 4.69) is 30.9 Å². The number of ketones is 1. The van der Waals surface area contributed by atoms with E-state index in [4.69, 9.17) is 0 Å². The van der Waals surface area contributed by atoms with E-state index in [0.29, 0.717) is 23.0 Å². The molecular formula is C27H24N6O3. The van der Waals surface area contributed by atoms with Gasteiger partial charge < -0.3 is 16.0 Å². The van der Waals surface area contributed by atoms with Gasteiger partial charge in [0.25, 0.3) is 11.7 Å². The van der Waals surface area contributed by atoms with Crippen LogP contribution in [0.4, 0.5) is 23.0 Å². The van der Waals surface area contributed by atoms with Gasteiger partial charge >= 0.3 is 0 Å². The number of aryl methyl sites for hydroxylation is 2. The second-order valence-electron chi connectivity index (χ2n) is 8.18. The summed E-state index contributed by atoms with van der Waals surface area (Å²) in [5.74, 6) is -1.54. The number of rotatable bonds is 7. The standard InChI is InChI=1S/C27H24N6O3/c1-16-6-9-23(30-18(3)34)21(13-16)25(35)26(36)31-20-8-7-17(2)24(14-20)33-27-29-12-10-22(32-27)19-5-4-11-28-15-19/h4-15H,1-3H3,(H,30,34)(H,31,36)(H,29,32,33). The van der Waals surface area contributed by atoms with Crippen LogP contribution in [0.2, 0.25) is 0 Å². The Balaban J connectivity index is 1.54. The van der Waals surface area contributed by atoms with Crippen LogP contribution in [0.1, 0.15) is 28.4 Å². The molecule has 0 saturated heterocycles. The monoisotopic (exact) mass is 480 g/mol. The smallest absolute Gasteiger partial charge is 0.296 e. The predicted molar refractivity (Wildman–Crippen MR) is 138 cm³/mol. The molecule has 0 aliphatic carbocycles. The van der Waals surface area contributed by atoms with Crippen molar-refractivity contribution in [3.05, 3.63) is 89.9 Å². The van der Waals surface area contributed by atoms with E-state index in [1.165, 1.54) is 6.92 Å². The molecule has 4 aromatic rings. The van der Waals surface area contributed by atoms with Crippen molar-refractivity contribution in [2.24, 2.45) is 0 Å². The fourth-order valence-electron chi connectivity index (χ4n) is 3.50. The number of benzene rings is 2. The molecule has 0 unspecified atom stereocenters. The average Bonchev–Trinajstić information content (AvgIpc) is 2.87. The minimum absolute atomic E-state index is 0.119. The normalized spacial score (nSPS) is 10.4. The van der Waals surface area contributed by atoms with Crippen LogP contribution < -0.4 is 16.0 Å². The van der Waals surface area contributed by atoms with Crippen molar-refractivity contribution < 1.29 is 14.4 Å². The molecule has 4 rings (SSSR count). The van der Waals surface area contributed by atoms with Gasteiger partial charge in [0.15, 0.2) is 0 Å². The first-order valence-corrected chi connectivity index (χ1v) is 11.1. The van der Waals surface area contributed by atoms with E-state index >= 15 is 0 Å². The Kier molecular flexibility index (Phi) is 7.10.